The lowest BCUT2D eigenvalue weighted by atomic mass is 9.89. The summed E-state index contributed by atoms with van der Waals surface area (Å²) in [6, 6.07) is 5.97. The van der Waals surface area contributed by atoms with Gasteiger partial charge in [-0.05, 0) is 30.5 Å². The first-order valence-corrected chi connectivity index (χ1v) is 7.39. The summed E-state index contributed by atoms with van der Waals surface area (Å²) < 4.78 is 13.0. The molecule has 2 N–H and O–H groups in total. The summed E-state index contributed by atoms with van der Waals surface area (Å²) in [5, 5.41) is 18.9. The number of aliphatic hydroxyl groups is 1. The Kier molecular flexibility index (Phi) is 3.44. The van der Waals surface area contributed by atoms with Crippen molar-refractivity contribution in [2.24, 2.45) is 0 Å². The number of hydrogen-bond acceptors (Lipinski definition) is 3. The van der Waals surface area contributed by atoms with Crippen LogP contribution < -0.4 is 0 Å². The summed E-state index contributed by atoms with van der Waals surface area (Å²) in [7, 11) is 0. The fourth-order valence-corrected chi connectivity index (χ4v) is 3.12. The first-order chi connectivity index (χ1) is 10.4. The van der Waals surface area contributed by atoms with Crippen molar-refractivity contribution in [3.8, 4) is 0 Å². The lowest BCUT2D eigenvalue weighted by Gasteiger charge is -2.37. The summed E-state index contributed by atoms with van der Waals surface area (Å²) >= 11 is 0. The van der Waals surface area contributed by atoms with Crippen molar-refractivity contribution < 1.29 is 24.2 Å². The predicted molar refractivity (Wildman–Crippen MR) is 75.7 cm³/mol. The molecule has 118 valence electrons. The molecule has 1 saturated carbocycles. The second kappa shape index (κ2) is 5.05. The molecule has 1 aromatic rings. The molecule has 0 atom stereocenters. The maximum absolute atomic E-state index is 13.0. The lowest BCUT2D eigenvalue weighted by Crippen LogP contribution is -2.52. The molecule has 0 radical (unpaired) electrons. The van der Waals surface area contributed by atoms with Crippen LogP contribution in [0.1, 0.15) is 31.2 Å². The topological polar surface area (TPSA) is 77.8 Å². The number of carbonyl (C=O) groups excluding carboxylic acids is 1. The van der Waals surface area contributed by atoms with E-state index >= 15 is 0 Å². The molecule has 1 amide bonds. The Morgan fingerprint density at radius 3 is 2.05 bits per heavy atom. The molecule has 5 nitrogen and oxygen atoms in total. The summed E-state index contributed by atoms with van der Waals surface area (Å²) in [5.74, 6) is -1.62. The number of likely N-dealkylation sites (tertiary alicyclic amines) is 1. The minimum atomic E-state index is -1.73. The molecule has 0 unspecified atom stereocenters. The number of rotatable bonds is 3. The fourth-order valence-electron chi connectivity index (χ4n) is 3.12. The Morgan fingerprint density at radius 1 is 1.05 bits per heavy atom. The highest BCUT2D eigenvalue weighted by molar-refractivity contribution is 5.91. The Labute approximate surface area is 127 Å². The molecule has 3 rings (SSSR count). The maximum Gasteiger partial charge on any atom is 0.335 e. The smallest absolute Gasteiger partial charge is 0.335 e. The number of piperidine rings is 1. The molecule has 0 spiro atoms. The number of carboxylic acid groups (broad SMARTS) is 1. The number of benzene rings is 1. The number of carboxylic acids is 1. The molecule has 0 aromatic heterocycles. The van der Waals surface area contributed by atoms with Crippen LogP contribution in [-0.2, 0) is 15.0 Å². The molecule has 22 heavy (non-hydrogen) atoms. The van der Waals surface area contributed by atoms with Crippen LogP contribution in [0, 0.1) is 5.82 Å². The van der Waals surface area contributed by atoms with Gasteiger partial charge in [0.05, 0.1) is 5.41 Å². The first kappa shape index (κ1) is 15.0. The van der Waals surface area contributed by atoms with E-state index in [0.29, 0.717) is 0 Å². The minimum absolute atomic E-state index is 0.0353. The van der Waals surface area contributed by atoms with Gasteiger partial charge in [-0.25, -0.2) is 9.18 Å². The molecule has 2 fully saturated rings. The second-order valence-electron chi connectivity index (χ2n) is 6.22. The van der Waals surface area contributed by atoms with Crippen LogP contribution >= 0.6 is 0 Å². The zero-order valence-corrected chi connectivity index (χ0v) is 12.1. The number of aliphatic carboxylic acids is 1. The van der Waals surface area contributed by atoms with E-state index in [4.69, 9.17) is 5.11 Å². The number of nitrogens with zero attached hydrogens (tertiary/aromatic N) is 1. The van der Waals surface area contributed by atoms with Gasteiger partial charge >= 0.3 is 5.97 Å². The normalized spacial score (nSPS) is 22.2. The Hall–Kier alpha value is -1.95. The zero-order valence-electron chi connectivity index (χ0n) is 12.1. The first-order valence-electron chi connectivity index (χ1n) is 7.39. The second-order valence-corrected chi connectivity index (χ2v) is 6.22. The van der Waals surface area contributed by atoms with Gasteiger partial charge in [-0.3, -0.25) is 4.79 Å². The van der Waals surface area contributed by atoms with Crippen molar-refractivity contribution in [1.29, 1.82) is 0 Å². The lowest BCUT2D eigenvalue weighted by molar-refractivity contribution is -0.165. The van der Waals surface area contributed by atoms with Crippen LogP contribution in [0.15, 0.2) is 24.3 Å². The standard InChI is InChI=1S/C16H18FNO4/c17-12-3-1-11(2-4-12)15(5-6-15)13(19)18-9-7-16(22,8-10-18)14(20)21/h1-4,22H,5-10H2,(H,20,21). The van der Waals surface area contributed by atoms with Gasteiger partial charge in [-0.15, -0.1) is 0 Å². The summed E-state index contributed by atoms with van der Waals surface area (Å²) in [6.45, 7) is 0.454. The van der Waals surface area contributed by atoms with Crippen molar-refractivity contribution in [3.05, 3.63) is 35.6 Å². The van der Waals surface area contributed by atoms with E-state index in [9.17, 15) is 19.1 Å². The van der Waals surface area contributed by atoms with Gasteiger partial charge in [0.15, 0.2) is 5.60 Å². The van der Waals surface area contributed by atoms with E-state index in [1.165, 1.54) is 12.1 Å². The van der Waals surface area contributed by atoms with Crippen LogP contribution in [0.25, 0.3) is 0 Å². The molecular formula is C16H18FNO4. The Balaban J connectivity index is 1.73. The van der Waals surface area contributed by atoms with Gasteiger partial charge < -0.3 is 15.1 Å². The van der Waals surface area contributed by atoms with Crippen LogP contribution in [-0.4, -0.2) is 45.7 Å². The fraction of sp³-hybridized carbons (Fsp3) is 0.500. The van der Waals surface area contributed by atoms with Crippen molar-refractivity contribution in [2.75, 3.05) is 13.1 Å². The third-order valence-corrected chi connectivity index (χ3v) is 4.83. The van der Waals surface area contributed by atoms with Crippen LogP contribution in [0.5, 0.6) is 0 Å². The van der Waals surface area contributed by atoms with E-state index in [0.717, 1.165) is 18.4 Å². The van der Waals surface area contributed by atoms with Crippen LogP contribution in [0.4, 0.5) is 4.39 Å². The Bertz CT molecular complexity index is 601. The highest BCUT2D eigenvalue weighted by Crippen LogP contribution is 2.50. The number of carbonyl (C=O) groups is 2. The third kappa shape index (κ3) is 2.37. The highest BCUT2D eigenvalue weighted by atomic mass is 19.1. The zero-order chi connectivity index (χ0) is 16.0. The summed E-state index contributed by atoms with van der Waals surface area (Å²) in [6.07, 6.45) is 1.51. The minimum Gasteiger partial charge on any atom is -0.479 e. The van der Waals surface area contributed by atoms with Crippen molar-refractivity contribution in [3.63, 3.8) is 0 Å². The average molecular weight is 307 g/mol. The van der Waals surface area contributed by atoms with Crippen LogP contribution in [0.2, 0.25) is 0 Å². The predicted octanol–water partition coefficient (Wildman–Crippen LogP) is 1.30. The van der Waals surface area contributed by atoms with Crippen molar-refractivity contribution in [2.45, 2.75) is 36.7 Å². The van der Waals surface area contributed by atoms with Crippen molar-refractivity contribution >= 4 is 11.9 Å². The number of amides is 1. The third-order valence-electron chi connectivity index (χ3n) is 4.83. The van der Waals surface area contributed by atoms with Gasteiger partial charge in [0.1, 0.15) is 5.82 Å². The molecule has 1 aliphatic carbocycles. The van der Waals surface area contributed by atoms with E-state index in [-0.39, 0.29) is 37.7 Å². The van der Waals surface area contributed by atoms with Gasteiger partial charge in [-0.1, -0.05) is 12.1 Å². The van der Waals surface area contributed by atoms with E-state index in [2.05, 4.69) is 0 Å². The van der Waals surface area contributed by atoms with Gasteiger partial charge in [0.2, 0.25) is 5.91 Å². The van der Waals surface area contributed by atoms with E-state index in [1.54, 1.807) is 17.0 Å². The van der Waals surface area contributed by atoms with Gasteiger partial charge in [0.25, 0.3) is 0 Å². The largest absolute Gasteiger partial charge is 0.479 e. The quantitative estimate of drug-likeness (QED) is 0.882. The summed E-state index contributed by atoms with van der Waals surface area (Å²) in [4.78, 5) is 25.4. The molecule has 1 aliphatic heterocycles. The molecule has 6 heteroatoms. The Morgan fingerprint density at radius 2 is 1.59 bits per heavy atom. The van der Waals surface area contributed by atoms with Gasteiger partial charge in [0, 0.05) is 25.9 Å². The molecule has 1 saturated heterocycles. The molecule has 1 aromatic carbocycles. The average Bonchev–Trinajstić information content (AvgIpc) is 3.29. The number of halogens is 1. The summed E-state index contributed by atoms with van der Waals surface area (Å²) in [5.41, 5.74) is -1.52. The molecule has 1 heterocycles. The monoisotopic (exact) mass is 307 g/mol. The molecular weight excluding hydrogens is 289 g/mol. The SMILES string of the molecule is O=C(O)C1(O)CCN(C(=O)C2(c3ccc(F)cc3)CC2)CC1. The van der Waals surface area contributed by atoms with E-state index in [1.807, 2.05) is 0 Å². The van der Waals surface area contributed by atoms with Crippen molar-refractivity contribution in [1.82, 2.24) is 4.90 Å². The van der Waals surface area contributed by atoms with Crippen LogP contribution in [0.3, 0.4) is 0 Å². The number of hydrogen-bond donors (Lipinski definition) is 2. The molecule has 0 bridgehead atoms. The molecule has 2 aliphatic rings. The van der Waals surface area contributed by atoms with E-state index < -0.39 is 17.0 Å². The maximum atomic E-state index is 13.0. The van der Waals surface area contributed by atoms with Gasteiger partial charge in [-0.2, -0.15) is 0 Å². The highest BCUT2D eigenvalue weighted by Gasteiger charge is 2.54.